The Morgan fingerprint density at radius 2 is 2.00 bits per heavy atom. The predicted octanol–water partition coefficient (Wildman–Crippen LogP) is 4.26. The summed E-state index contributed by atoms with van der Waals surface area (Å²) in [5.74, 6) is 0.659. The van der Waals surface area contributed by atoms with Gasteiger partial charge in [-0.3, -0.25) is 4.79 Å². The van der Waals surface area contributed by atoms with Crippen molar-refractivity contribution in [1.82, 2.24) is 0 Å². The fourth-order valence-corrected chi connectivity index (χ4v) is 5.35. The van der Waals surface area contributed by atoms with Crippen LogP contribution < -0.4 is 0 Å². The summed E-state index contributed by atoms with van der Waals surface area (Å²) in [6.07, 6.45) is 4.49. The highest BCUT2D eigenvalue weighted by Crippen LogP contribution is 2.59. The van der Waals surface area contributed by atoms with Crippen LogP contribution in [-0.2, 0) is 10.2 Å². The summed E-state index contributed by atoms with van der Waals surface area (Å²) < 4.78 is 0. The molecule has 3 heteroatoms. The molecule has 0 radical (unpaired) electrons. The van der Waals surface area contributed by atoms with Gasteiger partial charge in [0.15, 0.2) is 0 Å². The molecule has 3 rings (SSSR count). The Morgan fingerprint density at radius 3 is 2.68 bits per heavy atom. The van der Waals surface area contributed by atoms with Crippen molar-refractivity contribution in [2.75, 3.05) is 0 Å². The number of aromatic hydroxyl groups is 1. The highest BCUT2D eigenvalue weighted by molar-refractivity contribution is 5.74. The Labute approximate surface area is 132 Å². The van der Waals surface area contributed by atoms with Crippen molar-refractivity contribution in [3.63, 3.8) is 0 Å². The van der Waals surface area contributed by atoms with Gasteiger partial charge < -0.3 is 10.2 Å². The number of phenols is 1. The molecule has 2 N–H and O–H groups in total. The van der Waals surface area contributed by atoms with E-state index in [9.17, 15) is 15.0 Å². The minimum Gasteiger partial charge on any atom is -0.508 e. The van der Waals surface area contributed by atoms with Crippen LogP contribution in [0.15, 0.2) is 18.2 Å². The maximum atomic E-state index is 11.9. The molecule has 4 atom stereocenters. The van der Waals surface area contributed by atoms with Gasteiger partial charge in [0.05, 0.1) is 5.41 Å². The summed E-state index contributed by atoms with van der Waals surface area (Å²) in [6.45, 7) is 6.18. The van der Waals surface area contributed by atoms with Crippen molar-refractivity contribution < 1.29 is 15.0 Å². The molecule has 3 nitrogen and oxygen atoms in total. The molecule has 4 unspecified atom stereocenters. The number of phenolic OH excluding ortho intramolecular Hbond substituents is 1. The molecule has 1 aromatic rings. The van der Waals surface area contributed by atoms with Crippen molar-refractivity contribution in [1.29, 1.82) is 0 Å². The smallest absolute Gasteiger partial charge is 0.309 e. The maximum Gasteiger partial charge on any atom is 0.309 e. The molecule has 120 valence electrons. The molecule has 0 aliphatic heterocycles. The summed E-state index contributed by atoms with van der Waals surface area (Å²) in [6, 6.07) is 5.75. The van der Waals surface area contributed by atoms with E-state index in [4.69, 9.17) is 0 Å². The molecular formula is C19H26O3. The van der Waals surface area contributed by atoms with E-state index in [0.717, 1.165) is 36.8 Å². The Kier molecular flexibility index (Phi) is 3.50. The standard InChI is InChI=1S/C19H26O3/c1-12-4-5-16(20)15(7-12)19-8-13(2)6-14(10-19)9-18(3,11-19)17(21)22/h4-5,7,13-14,20H,6,8-11H2,1-3H3,(H,21,22). The molecule has 22 heavy (non-hydrogen) atoms. The summed E-state index contributed by atoms with van der Waals surface area (Å²) in [5, 5.41) is 20.2. The van der Waals surface area contributed by atoms with E-state index < -0.39 is 11.4 Å². The molecule has 2 aliphatic rings. The van der Waals surface area contributed by atoms with Crippen LogP contribution >= 0.6 is 0 Å². The van der Waals surface area contributed by atoms with Crippen molar-refractivity contribution in [3.8, 4) is 5.75 Å². The first-order valence-corrected chi connectivity index (χ1v) is 8.28. The van der Waals surface area contributed by atoms with Gasteiger partial charge in [0.25, 0.3) is 0 Å². The topological polar surface area (TPSA) is 57.5 Å². The summed E-state index contributed by atoms with van der Waals surface area (Å²) in [5.41, 5.74) is 1.22. The lowest BCUT2D eigenvalue weighted by Crippen LogP contribution is -2.49. The van der Waals surface area contributed by atoms with E-state index in [2.05, 4.69) is 13.0 Å². The van der Waals surface area contributed by atoms with Crippen LogP contribution in [0.1, 0.15) is 57.1 Å². The number of hydrogen-bond donors (Lipinski definition) is 2. The number of hydrogen-bond acceptors (Lipinski definition) is 2. The van der Waals surface area contributed by atoms with E-state index in [1.807, 2.05) is 19.9 Å². The van der Waals surface area contributed by atoms with Crippen LogP contribution in [0.25, 0.3) is 0 Å². The molecule has 0 aromatic heterocycles. The number of aliphatic carboxylic acids is 1. The zero-order valence-corrected chi connectivity index (χ0v) is 13.7. The second kappa shape index (κ2) is 5.00. The average molecular weight is 302 g/mol. The lowest BCUT2D eigenvalue weighted by molar-refractivity contribution is -0.154. The number of carbonyl (C=O) groups is 1. The van der Waals surface area contributed by atoms with E-state index in [0.29, 0.717) is 24.0 Å². The summed E-state index contributed by atoms with van der Waals surface area (Å²) >= 11 is 0. The highest BCUT2D eigenvalue weighted by atomic mass is 16.4. The number of fused-ring (bicyclic) bond motifs is 2. The molecule has 0 spiro atoms. The third-order valence-electron chi connectivity index (χ3n) is 5.86. The van der Waals surface area contributed by atoms with E-state index in [-0.39, 0.29) is 5.41 Å². The minimum atomic E-state index is -0.691. The van der Waals surface area contributed by atoms with Gasteiger partial charge in [-0.2, -0.15) is 0 Å². The number of carboxylic acids is 1. The first kappa shape index (κ1) is 15.4. The molecular weight excluding hydrogens is 276 g/mol. The van der Waals surface area contributed by atoms with Crippen molar-refractivity contribution >= 4 is 5.97 Å². The van der Waals surface area contributed by atoms with Gasteiger partial charge in [-0.1, -0.05) is 24.6 Å². The number of rotatable bonds is 2. The normalized spacial score (nSPS) is 37.8. The quantitative estimate of drug-likeness (QED) is 0.858. The van der Waals surface area contributed by atoms with E-state index in [1.165, 1.54) is 0 Å². The van der Waals surface area contributed by atoms with Gasteiger partial charge in [-0.05, 0) is 63.9 Å². The molecule has 1 aromatic carbocycles. The van der Waals surface area contributed by atoms with Gasteiger partial charge in [0.1, 0.15) is 5.75 Å². The van der Waals surface area contributed by atoms with Gasteiger partial charge in [0.2, 0.25) is 0 Å². The fraction of sp³-hybridized carbons (Fsp3) is 0.632. The van der Waals surface area contributed by atoms with Crippen LogP contribution in [0.4, 0.5) is 0 Å². The Balaban J connectivity index is 2.11. The fourth-order valence-electron chi connectivity index (χ4n) is 5.35. The number of benzene rings is 1. The second-order valence-corrected chi connectivity index (χ2v) is 8.16. The van der Waals surface area contributed by atoms with Crippen LogP contribution in [0, 0.1) is 24.2 Å². The minimum absolute atomic E-state index is 0.191. The van der Waals surface area contributed by atoms with Crippen molar-refractivity contribution in [2.45, 2.75) is 58.3 Å². The zero-order valence-electron chi connectivity index (χ0n) is 13.7. The molecule has 0 amide bonds. The zero-order chi connectivity index (χ0) is 16.1. The first-order chi connectivity index (χ1) is 10.2. The van der Waals surface area contributed by atoms with Gasteiger partial charge in [-0.25, -0.2) is 0 Å². The van der Waals surface area contributed by atoms with Crippen LogP contribution in [0.2, 0.25) is 0 Å². The van der Waals surface area contributed by atoms with Crippen LogP contribution in [0.5, 0.6) is 5.75 Å². The van der Waals surface area contributed by atoms with E-state index in [1.54, 1.807) is 6.07 Å². The maximum absolute atomic E-state index is 11.9. The molecule has 2 bridgehead atoms. The first-order valence-electron chi connectivity index (χ1n) is 8.28. The largest absolute Gasteiger partial charge is 0.508 e. The Morgan fingerprint density at radius 1 is 1.27 bits per heavy atom. The molecule has 2 aliphatic carbocycles. The molecule has 2 fully saturated rings. The van der Waals surface area contributed by atoms with Crippen molar-refractivity contribution in [2.24, 2.45) is 17.3 Å². The van der Waals surface area contributed by atoms with E-state index >= 15 is 0 Å². The van der Waals surface area contributed by atoms with Gasteiger partial charge >= 0.3 is 5.97 Å². The molecule has 0 saturated heterocycles. The second-order valence-electron chi connectivity index (χ2n) is 8.16. The number of carboxylic acid groups (broad SMARTS) is 1. The lowest BCUT2D eigenvalue weighted by Gasteiger charge is -2.53. The summed E-state index contributed by atoms with van der Waals surface area (Å²) in [4.78, 5) is 11.9. The SMILES string of the molecule is Cc1ccc(O)c(C23CC(C)CC(CC(C)(C(=O)O)C2)C3)c1. The number of aryl methyl sites for hydroxylation is 1. The molecule has 0 heterocycles. The average Bonchev–Trinajstić information content (AvgIpc) is 2.39. The third kappa shape index (κ3) is 2.41. The Bertz CT molecular complexity index is 605. The Hall–Kier alpha value is -1.51. The van der Waals surface area contributed by atoms with Gasteiger partial charge in [0, 0.05) is 11.0 Å². The highest BCUT2D eigenvalue weighted by Gasteiger charge is 2.54. The third-order valence-corrected chi connectivity index (χ3v) is 5.86. The monoisotopic (exact) mass is 302 g/mol. The lowest BCUT2D eigenvalue weighted by atomic mass is 9.50. The van der Waals surface area contributed by atoms with Crippen LogP contribution in [0.3, 0.4) is 0 Å². The predicted molar refractivity (Wildman–Crippen MR) is 86.0 cm³/mol. The molecule has 2 saturated carbocycles. The summed E-state index contributed by atoms with van der Waals surface area (Å²) in [7, 11) is 0. The van der Waals surface area contributed by atoms with Crippen LogP contribution in [-0.4, -0.2) is 16.2 Å². The van der Waals surface area contributed by atoms with Gasteiger partial charge in [-0.15, -0.1) is 0 Å². The van der Waals surface area contributed by atoms with Crippen molar-refractivity contribution in [3.05, 3.63) is 29.3 Å².